The second-order valence-corrected chi connectivity index (χ2v) is 3.54. The molecule has 2 heteroatoms. The van der Waals surface area contributed by atoms with Crippen LogP contribution in [0, 0.1) is 12.3 Å². The molecular formula is C12H13NO. The third-order valence-electron chi connectivity index (χ3n) is 2.50. The number of benzene rings is 1. The third-order valence-corrected chi connectivity index (χ3v) is 2.50. The van der Waals surface area contributed by atoms with Crippen molar-refractivity contribution in [2.24, 2.45) is 5.73 Å². The predicted octanol–water partition coefficient (Wildman–Crippen LogP) is 1.34. The van der Waals surface area contributed by atoms with Gasteiger partial charge in [-0.3, -0.25) is 0 Å². The molecule has 0 bridgehead atoms. The van der Waals surface area contributed by atoms with E-state index in [4.69, 9.17) is 16.9 Å². The SMILES string of the molecule is C#CCC(N)C1Cc2ccccc2O1. The van der Waals surface area contributed by atoms with Gasteiger partial charge < -0.3 is 10.5 Å². The first kappa shape index (κ1) is 9.11. The lowest BCUT2D eigenvalue weighted by molar-refractivity contribution is 0.200. The van der Waals surface area contributed by atoms with Gasteiger partial charge in [0.2, 0.25) is 0 Å². The fraction of sp³-hybridized carbons (Fsp3) is 0.333. The molecule has 2 atom stereocenters. The molecule has 0 aliphatic carbocycles. The number of ether oxygens (including phenoxy) is 1. The number of hydrogen-bond donors (Lipinski definition) is 1. The summed E-state index contributed by atoms with van der Waals surface area (Å²) in [7, 11) is 0. The number of para-hydroxylation sites is 1. The summed E-state index contributed by atoms with van der Waals surface area (Å²) >= 11 is 0. The molecule has 1 aromatic rings. The van der Waals surface area contributed by atoms with Gasteiger partial charge in [0, 0.05) is 12.8 Å². The molecule has 0 saturated heterocycles. The highest BCUT2D eigenvalue weighted by Crippen LogP contribution is 2.29. The Bertz CT molecular complexity index is 342. The second-order valence-electron chi connectivity index (χ2n) is 3.54. The maximum Gasteiger partial charge on any atom is 0.123 e. The predicted molar refractivity (Wildman–Crippen MR) is 56.0 cm³/mol. The first-order chi connectivity index (χ1) is 6.81. The summed E-state index contributed by atoms with van der Waals surface area (Å²) in [4.78, 5) is 0. The minimum Gasteiger partial charge on any atom is -0.488 e. The zero-order valence-corrected chi connectivity index (χ0v) is 7.94. The molecule has 0 spiro atoms. The molecule has 1 aromatic carbocycles. The molecule has 0 aromatic heterocycles. The first-order valence-corrected chi connectivity index (χ1v) is 4.75. The number of fused-ring (bicyclic) bond motifs is 1. The Morgan fingerprint density at radius 2 is 2.36 bits per heavy atom. The number of terminal acetylenes is 1. The minimum atomic E-state index is -0.0626. The van der Waals surface area contributed by atoms with Gasteiger partial charge in [0.05, 0.1) is 6.04 Å². The molecule has 2 N–H and O–H groups in total. The maximum atomic E-state index is 5.90. The highest BCUT2D eigenvalue weighted by atomic mass is 16.5. The highest BCUT2D eigenvalue weighted by molar-refractivity contribution is 5.37. The van der Waals surface area contributed by atoms with Gasteiger partial charge in [-0.25, -0.2) is 0 Å². The summed E-state index contributed by atoms with van der Waals surface area (Å²) in [6.07, 6.45) is 6.70. The van der Waals surface area contributed by atoms with E-state index in [9.17, 15) is 0 Å². The van der Waals surface area contributed by atoms with Crippen LogP contribution in [0.1, 0.15) is 12.0 Å². The van der Waals surface area contributed by atoms with Gasteiger partial charge >= 0.3 is 0 Å². The van der Waals surface area contributed by atoms with Crippen molar-refractivity contribution in [3.8, 4) is 18.1 Å². The Kier molecular flexibility index (Phi) is 2.43. The normalized spacial score (nSPS) is 20.7. The van der Waals surface area contributed by atoms with Crippen LogP contribution in [0.25, 0.3) is 0 Å². The van der Waals surface area contributed by atoms with Crippen molar-refractivity contribution in [3.63, 3.8) is 0 Å². The fourth-order valence-electron chi connectivity index (χ4n) is 1.72. The summed E-state index contributed by atoms with van der Waals surface area (Å²) < 4.78 is 5.70. The molecule has 2 unspecified atom stereocenters. The summed E-state index contributed by atoms with van der Waals surface area (Å²) in [6.45, 7) is 0. The fourth-order valence-corrected chi connectivity index (χ4v) is 1.72. The Hall–Kier alpha value is -1.46. The van der Waals surface area contributed by atoms with E-state index in [1.807, 2.05) is 18.2 Å². The van der Waals surface area contributed by atoms with Crippen LogP contribution in [0.5, 0.6) is 5.75 Å². The minimum absolute atomic E-state index is 0.0449. The van der Waals surface area contributed by atoms with Gasteiger partial charge in [0.15, 0.2) is 0 Å². The molecule has 2 rings (SSSR count). The topological polar surface area (TPSA) is 35.2 Å². The highest BCUT2D eigenvalue weighted by Gasteiger charge is 2.26. The molecule has 14 heavy (non-hydrogen) atoms. The first-order valence-electron chi connectivity index (χ1n) is 4.75. The summed E-state index contributed by atoms with van der Waals surface area (Å²) in [6, 6.07) is 7.95. The van der Waals surface area contributed by atoms with Crippen molar-refractivity contribution < 1.29 is 4.74 Å². The summed E-state index contributed by atoms with van der Waals surface area (Å²) in [5, 5.41) is 0. The molecule has 0 fully saturated rings. The molecule has 1 heterocycles. The Morgan fingerprint density at radius 1 is 1.57 bits per heavy atom. The van der Waals surface area contributed by atoms with Crippen LogP contribution in [0.4, 0.5) is 0 Å². The number of hydrogen-bond acceptors (Lipinski definition) is 2. The van der Waals surface area contributed by atoms with Crippen LogP contribution >= 0.6 is 0 Å². The third kappa shape index (κ3) is 1.59. The van der Waals surface area contributed by atoms with Gasteiger partial charge in [0.1, 0.15) is 11.9 Å². The molecule has 1 aliphatic heterocycles. The quantitative estimate of drug-likeness (QED) is 0.709. The monoisotopic (exact) mass is 187 g/mol. The number of rotatable bonds is 2. The van der Waals surface area contributed by atoms with E-state index in [2.05, 4.69) is 12.0 Å². The van der Waals surface area contributed by atoms with Gasteiger partial charge in [-0.1, -0.05) is 18.2 Å². The lowest BCUT2D eigenvalue weighted by Crippen LogP contribution is -2.37. The smallest absolute Gasteiger partial charge is 0.123 e. The van der Waals surface area contributed by atoms with Gasteiger partial charge in [0.25, 0.3) is 0 Å². The molecule has 0 radical (unpaired) electrons. The standard InChI is InChI=1S/C12H13NO/c1-2-5-10(13)12-8-9-6-3-4-7-11(9)14-12/h1,3-4,6-7,10,12H,5,8,13H2. The Labute approximate surface area is 84.1 Å². The van der Waals surface area contributed by atoms with Crippen LogP contribution < -0.4 is 10.5 Å². The van der Waals surface area contributed by atoms with Gasteiger partial charge in [-0.2, -0.15) is 0 Å². The zero-order chi connectivity index (χ0) is 9.97. The van der Waals surface area contributed by atoms with Crippen molar-refractivity contribution >= 4 is 0 Å². The van der Waals surface area contributed by atoms with Crippen LogP contribution in [0.3, 0.4) is 0 Å². The van der Waals surface area contributed by atoms with Crippen LogP contribution in [-0.4, -0.2) is 12.1 Å². The van der Waals surface area contributed by atoms with Gasteiger partial charge in [-0.05, 0) is 11.6 Å². The lowest BCUT2D eigenvalue weighted by atomic mass is 10.0. The molecule has 72 valence electrons. The average molecular weight is 187 g/mol. The number of nitrogens with two attached hydrogens (primary N) is 1. The van der Waals surface area contributed by atoms with Crippen LogP contribution in [-0.2, 0) is 6.42 Å². The van der Waals surface area contributed by atoms with E-state index in [1.54, 1.807) is 0 Å². The van der Waals surface area contributed by atoms with Gasteiger partial charge in [-0.15, -0.1) is 12.3 Å². The lowest BCUT2D eigenvalue weighted by Gasteiger charge is -2.16. The van der Waals surface area contributed by atoms with E-state index < -0.39 is 0 Å². The second kappa shape index (κ2) is 3.73. The van der Waals surface area contributed by atoms with E-state index in [0.29, 0.717) is 6.42 Å². The van der Waals surface area contributed by atoms with Crippen LogP contribution in [0.15, 0.2) is 24.3 Å². The van der Waals surface area contributed by atoms with Crippen molar-refractivity contribution in [1.82, 2.24) is 0 Å². The van der Waals surface area contributed by atoms with E-state index in [1.165, 1.54) is 5.56 Å². The molecule has 2 nitrogen and oxygen atoms in total. The Morgan fingerprint density at radius 3 is 3.07 bits per heavy atom. The van der Waals surface area contributed by atoms with Crippen molar-refractivity contribution in [2.45, 2.75) is 25.0 Å². The van der Waals surface area contributed by atoms with Crippen LogP contribution in [0.2, 0.25) is 0 Å². The van der Waals surface area contributed by atoms with E-state index >= 15 is 0 Å². The Balaban J connectivity index is 2.08. The van der Waals surface area contributed by atoms with Crippen molar-refractivity contribution in [3.05, 3.63) is 29.8 Å². The average Bonchev–Trinajstić information content (AvgIpc) is 2.61. The summed E-state index contributed by atoms with van der Waals surface area (Å²) in [5.74, 6) is 3.52. The maximum absolute atomic E-state index is 5.90. The molecular weight excluding hydrogens is 174 g/mol. The zero-order valence-electron chi connectivity index (χ0n) is 7.94. The van der Waals surface area contributed by atoms with Crippen molar-refractivity contribution in [1.29, 1.82) is 0 Å². The molecule has 1 aliphatic rings. The van der Waals surface area contributed by atoms with E-state index in [-0.39, 0.29) is 12.1 Å². The largest absolute Gasteiger partial charge is 0.488 e. The summed E-state index contributed by atoms with van der Waals surface area (Å²) in [5.41, 5.74) is 7.13. The van der Waals surface area contributed by atoms with Crippen molar-refractivity contribution in [2.75, 3.05) is 0 Å². The molecule has 0 amide bonds. The van der Waals surface area contributed by atoms with E-state index in [0.717, 1.165) is 12.2 Å². The molecule has 0 saturated carbocycles.